The fourth-order valence-corrected chi connectivity index (χ4v) is 1.11. The van der Waals surface area contributed by atoms with Crippen LogP contribution in [0, 0.1) is 11.3 Å². The summed E-state index contributed by atoms with van der Waals surface area (Å²) in [4.78, 5) is 21.2. The minimum atomic E-state index is -1.26. The minimum absolute atomic E-state index is 0.558. The molecule has 0 bridgehead atoms. The zero-order valence-corrected chi connectivity index (χ0v) is 12.4. The number of rotatable bonds is 6. The van der Waals surface area contributed by atoms with Gasteiger partial charge >= 0.3 is 11.9 Å². The first-order chi connectivity index (χ1) is 10.3. The molecule has 22 heavy (non-hydrogen) atoms. The first kappa shape index (κ1) is 19.1. The molecule has 1 aromatic carbocycles. The highest BCUT2D eigenvalue weighted by Crippen LogP contribution is 2.11. The number of nitrogens with zero attached hydrogens (tertiary/aromatic N) is 2. The summed E-state index contributed by atoms with van der Waals surface area (Å²) in [5.74, 6) is -1.70. The van der Waals surface area contributed by atoms with E-state index in [-0.39, 0.29) is 0 Å². The van der Waals surface area contributed by atoms with Crippen LogP contribution in [0.1, 0.15) is 5.56 Å². The fourth-order valence-electron chi connectivity index (χ4n) is 1.11. The largest absolute Gasteiger partial charge is 0.492 e. The van der Waals surface area contributed by atoms with E-state index in [1.165, 1.54) is 0 Å². The molecule has 0 heterocycles. The van der Waals surface area contributed by atoms with E-state index < -0.39 is 11.9 Å². The second-order valence-corrected chi connectivity index (χ2v) is 4.30. The van der Waals surface area contributed by atoms with E-state index in [0.29, 0.717) is 24.3 Å². The van der Waals surface area contributed by atoms with Crippen molar-refractivity contribution >= 4 is 11.9 Å². The highest BCUT2D eigenvalue weighted by Gasteiger charge is 1.95. The molecule has 0 spiro atoms. The lowest BCUT2D eigenvalue weighted by atomic mass is 10.2. The Kier molecular flexibility index (Phi) is 9.47. The number of carboxylic acids is 2. The van der Waals surface area contributed by atoms with Crippen molar-refractivity contribution in [3.8, 4) is 11.8 Å². The molecule has 0 aromatic heterocycles. The Labute approximate surface area is 128 Å². The molecular weight excluding hydrogens is 288 g/mol. The number of likely N-dealkylation sites (N-methyl/N-ethyl adjacent to an activating group) is 1. The summed E-state index contributed by atoms with van der Waals surface area (Å²) in [6.07, 6.45) is 1.12. The number of ether oxygens (including phenoxy) is 1. The van der Waals surface area contributed by atoms with Crippen LogP contribution in [0.25, 0.3) is 0 Å². The SMILES string of the molecule is CN(C)CCOc1ccc(C#N)cc1.O=C(O)/C=C\C(=O)O. The molecule has 0 radical (unpaired) electrons. The van der Waals surface area contributed by atoms with Crippen molar-refractivity contribution in [2.75, 3.05) is 27.2 Å². The molecule has 0 aliphatic heterocycles. The van der Waals surface area contributed by atoms with Crippen LogP contribution in [0.4, 0.5) is 0 Å². The lowest BCUT2D eigenvalue weighted by Gasteiger charge is -2.10. The lowest BCUT2D eigenvalue weighted by molar-refractivity contribution is -0.134. The standard InChI is InChI=1S/C11H14N2O.C4H4O4/c1-13(2)7-8-14-11-5-3-10(9-12)4-6-11;5-3(6)1-2-4(7)8/h3-6H,7-8H2,1-2H3;1-2H,(H,5,6)(H,7,8)/b;2-1-. The number of aliphatic carboxylic acids is 2. The second kappa shape index (κ2) is 10.9. The Balaban J connectivity index is 0.000000472. The van der Waals surface area contributed by atoms with Crippen molar-refractivity contribution in [1.29, 1.82) is 5.26 Å². The predicted molar refractivity (Wildman–Crippen MR) is 79.6 cm³/mol. The second-order valence-electron chi connectivity index (χ2n) is 4.30. The van der Waals surface area contributed by atoms with E-state index in [4.69, 9.17) is 20.2 Å². The van der Waals surface area contributed by atoms with Gasteiger partial charge in [0.2, 0.25) is 0 Å². The fraction of sp³-hybridized carbons (Fsp3) is 0.267. The van der Waals surface area contributed by atoms with Crippen molar-refractivity contribution in [2.45, 2.75) is 0 Å². The first-order valence-electron chi connectivity index (χ1n) is 6.26. The number of carbonyl (C=O) groups is 2. The highest BCUT2D eigenvalue weighted by atomic mass is 16.5. The summed E-state index contributed by atoms with van der Waals surface area (Å²) in [6, 6.07) is 9.20. The zero-order valence-electron chi connectivity index (χ0n) is 12.4. The van der Waals surface area contributed by atoms with Gasteiger partial charge in [-0.05, 0) is 38.4 Å². The van der Waals surface area contributed by atoms with Gasteiger partial charge in [0, 0.05) is 18.7 Å². The number of benzene rings is 1. The van der Waals surface area contributed by atoms with E-state index in [2.05, 4.69) is 11.0 Å². The van der Waals surface area contributed by atoms with Crippen LogP contribution < -0.4 is 4.74 Å². The topological polar surface area (TPSA) is 111 Å². The van der Waals surface area contributed by atoms with Gasteiger partial charge < -0.3 is 19.8 Å². The van der Waals surface area contributed by atoms with Gasteiger partial charge in [-0.25, -0.2) is 9.59 Å². The molecule has 7 heteroatoms. The molecule has 0 unspecified atom stereocenters. The average molecular weight is 306 g/mol. The molecule has 1 aromatic rings. The summed E-state index contributed by atoms with van der Waals surface area (Å²) in [6.45, 7) is 1.55. The van der Waals surface area contributed by atoms with Crippen molar-refractivity contribution < 1.29 is 24.5 Å². The van der Waals surface area contributed by atoms with Gasteiger partial charge in [-0.1, -0.05) is 0 Å². The molecule has 2 N–H and O–H groups in total. The summed E-state index contributed by atoms with van der Waals surface area (Å²) in [5.41, 5.74) is 0.657. The van der Waals surface area contributed by atoms with Gasteiger partial charge in [0.1, 0.15) is 12.4 Å². The number of hydrogen-bond acceptors (Lipinski definition) is 5. The van der Waals surface area contributed by atoms with Gasteiger partial charge in [-0.2, -0.15) is 5.26 Å². The van der Waals surface area contributed by atoms with Crippen LogP contribution in [0.5, 0.6) is 5.75 Å². The van der Waals surface area contributed by atoms with Gasteiger partial charge in [-0.3, -0.25) is 0 Å². The molecule has 0 atom stereocenters. The smallest absolute Gasteiger partial charge is 0.328 e. The third-order valence-electron chi connectivity index (χ3n) is 2.16. The Morgan fingerprint density at radius 2 is 1.68 bits per heavy atom. The third kappa shape index (κ3) is 11.0. The van der Waals surface area contributed by atoms with Gasteiger partial charge in [0.05, 0.1) is 11.6 Å². The van der Waals surface area contributed by atoms with Crippen LogP contribution in [0.15, 0.2) is 36.4 Å². The minimum Gasteiger partial charge on any atom is -0.492 e. The van der Waals surface area contributed by atoms with Crippen LogP contribution >= 0.6 is 0 Å². The van der Waals surface area contributed by atoms with E-state index >= 15 is 0 Å². The summed E-state index contributed by atoms with van der Waals surface area (Å²) in [7, 11) is 4.00. The van der Waals surface area contributed by atoms with Gasteiger partial charge in [0.15, 0.2) is 0 Å². The lowest BCUT2D eigenvalue weighted by Crippen LogP contribution is -2.19. The normalized spacial score (nSPS) is 9.73. The Morgan fingerprint density at radius 3 is 2.05 bits per heavy atom. The van der Waals surface area contributed by atoms with E-state index in [1.54, 1.807) is 12.1 Å². The van der Waals surface area contributed by atoms with E-state index in [9.17, 15) is 9.59 Å². The molecule has 0 saturated heterocycles. The average Bonchev–Trinajstić information content (AvgIpc) is 2.46. The molecular formula is C15H18N2O5. The van der Waals surface area contributed by atoms with Crippen LogP contribution in [-0.4, -0.2) is 54.3 Å². The molecule has 0 aliphatic carbocycles. The van der Waals surface area contributed by atoms with Crippen molar-refractivity contribution in [1.82, 2.24) is 4.90 Å². The van der Waals surface area contributed by atoms with Crippen LogP contribution in [0.2, 0.25) is 0 Å². The van der Waals surface area contributed by atoms with Crippen LogP contribution in [-0.2, 0) is 9.59 Å². The number of nitriles is 1. The molecule has 0 aliphatic rings. The Bertz CT molecular complexity index is 528. The summed E-state index contributed by atoms with van der Waals surface area (Å²) in [5, 5.41) is 24.2. The molecule has 0 amide bonds. The molecule has 0 fully saturated rings. The highest BCUT2D eigenvalue weighted by molar-refractivity contribution is 5.89. The Hall–Kier alpha value is -2.85. The van der Waals surface area contributed by atoms with Crippen LogP contribution in [0.3, 0.4) is 0 Å². The maximum Gasteiger partial charge on any atom is 0.328 e. The molecule has 118 valence electrons. The predicted octanol–water partition coefficient (Wildman–Crippen LogP) is 1.21. The Morgan fingerprint density at radius 1 is 1.18 bits per heavy atom. The van der Waals surface area contributed by atoms with E-state index in [0.717, 1.165) is 12.3 Å². The summed E-state index contributed by atoms with van der Waals surface area (Å²) >= 11 is 0. The monoisotopic (exact) mass is 306 g/mol. The van der Waals surface area contributed by atoms with E-state index in [1.807, 2.05) is 26.2 Å². The molecule has 1 rings (SSSR count). The summed E-state index contributed by atoms with van der Waals surface area (Å²) < 4.78 is 5.47. The number of carboxylic acid groups (broad SMARTS) is 2. The van der Waals surface area contributed by atoms with Crippen molar-refractivity contribution in [3.63, 3.8) is 0 Å². The first-order valence-corrected chi connectivity index (χ1v) is 6.26. The quantitative estimate of drug-likeness (QED) is 0.760. The zero-order chi connectivity index (χ0) is 17.0. The maximum absolute atomic E-state index is 9.55. The maximum atomic E-state index is 9.55. The molecule has 0 saturated carbocycles. The molecule has 7 nitrogen and oxygen atoms in total. The van der Waals surface area contributed by atoms with Gasteiger partial charge in [0.25, 0.3) is 0 Å². The van der Waals surface area contributed by atoms with Crippen molar-refractivity contribution in [3.05, 3.63) is 42.0 Å². The van der Waals surface area contributed by atoms with Crippen molar-refractivity contribution in [2.24, 2.45) is 0 Å². The van der Waals surface area contributed by atoms with Gasteiger partial charge in [-0.15, -0.1) is 0 Å². The number of hydrogen-bond donors (Lipinski definition) is 2. The third-order valence-corrected chi connectivity index (χ3v) is 2.16.